The number of ketones is 1. The van der Waals surface area contributed by atoms with Crippen LogP contribution >= 0.6 is 0 Å². The molecule has 0 saturated carbocycles. The highest BCUT2D eigenvalue weighted by Gasteiger charge is 2.41. The van der Waals surface area contributed by atoms with Crippen molar-refractivity contribution < 1.29 is 36.8 Å². The van der Waals surface area contributed by atoms with Gasteiger partial charge < -0.3 is 19.5 Å². The van der Waals surface area contributed by atoms with Crippen LogP contribution in [0.15, 0.2) is 40.9 Å². The molecular formula is C29H33F3N4O5. The SMILES string of the molecule is CCCN(C)c1cc(NC(=O)OC(C)(C)C)c(-c2cccc(-c3cc(C)no3)c2)c(NC(=O)C(C)=O)c1C(F)(F)F. The maximum atomic E-state index is 14.8. The molecule has 220 valence electrons. The van der Waals surface area contributed by atoms with E-state index in [4.69, 9.17) is 9.26 Å². The smallest absolute Gasteiger partial charge is 0.420 e. The van der Waals surface area contributed by atoms with Crippen molar-refractivity contribution in [3.63, 3.8) is 0 Å². The van der Waals surface area contributed by atoms with Crippen molar-refractivity contribution in [2.24, 2.45) is 0 Å². The summed E-state index contributed by atoms with van der Waals surface area (Å²) in [6.45, 7) is 9.62. The Morgan fingerprint density at radius 1 is 1.05 bits per heavy atom. The maximum absolute atomic E-state index is 14.8. The Labute approximate surface area is 236 Å². The molecule has 0 atom stereocenters. The van der Waals surface area contributed by atoms with Crippen molar-refractivity contribution in [1.29, 1.82) is 0 Å². The lowest BCUT2D eigenvalue weighted by Crippen LogP contribution is -2.29. The number of carbonyl (C=O) groups excluding carboxylic acids is 3. The summed E-state index contributed by atoms with van der Waals surface area (Å²) in [5, 5.41) is 8.60. The van der Waals surface area contributed by atoms with Crippen molar-refractivity contribution in [1.82, 2.24) is 5.16 Å². The van der Waals surface area contributed by atoms with Crippen molar-refractivity contribution >= 4 is 34.8 Å². The molecule has 2 N–H and O–H groups in total. The van der Waals surface area contributed by atoms with Crippen LogP contribution in [0.5, 0.6) is 0 Å². The van der Waals surface area contributed by atoms with Crippen molar-refractivity contribution in [2.45, 2.75) is 59.7 Å². The normalized spacial score (nSPS) is 11.7. The van der Waals surface area contributed by atoms with Gasteiger partial charge in [-0.1, -0.05) is 30.3 Å². The first-order valence-corrected chi connectivity index (χ1v) is 12.9. The fraction of sp³-hybridized carbons (Fsp3) is 0.379. The zero-order valence-electron chi connectivity index (χ0n) is 23.9. The van der Waals surface area contributed by atoms with Crippen LogP contribution in [0.2, 0.25) is 0 Å². The number of nitrogens with zero attached hydrogens (tertiary/aromatic N) is 2. The fourth-order valence-electron chi connectivity index (χ4n) is 4.18. The Bertz CT molecular complexity index is 1460. The van der Waals surface area contributed by atoms with E-state index in [1.165, 1.54) is 30.1 Å². The van der Waals surface area contributed by atoms with Crippen molar-refractivity contribution in [2.75, 3.05) is 29.1 Å². The van der Waals surface area contributed by atoms with E-state index in [2.05, 4.69) is 15.8 Å². The number of alkyl halides is 3. The number of carbonyl (C=O) groups is 3. The second kappa shape index (κ2) is 12.0. The van der Waals surface area contributed by atoms with Gasteiger partial charge in [-0.15, -0.1) is 0 Å². The molecule has 0 saturated heterocycles. The zero-order chi connectivity index (χ0) is 30.7. The van der Waals surface area contributed by atoms with Crippen molar-refractivity contribution in [3.8, 4) is 22.5 Å². The van der Waals surface area contributed by atoms with E-state index in [-0.39, 0.29) is 29.0 Å². The Morgan fingerprint density at radius 3 is 2.24 bits per heavy atom. The average Bonchev–Trinajstić information content (AvgIpc) is 3.28. The zero-order valence-corrected chi connectivity index (χ0v) is 23.9. The number of anilines is 3. The van der Waals surface area contributed by atoms with Gasteiger partial charge in [0.2, 0.25) is 5.78 Å². The molecule has 1 aromatic heterocycles. The highest BCUT2D eigenvalue weighted by atomic mass is 19.4. The molecule has 0 radical (unpaired) electrons. The number of amides is 2. The topological polar surface area (TPSA) is 114 Å². The largest absolute Gasteiger partial charge is 0.444 e. The summed E-state index contributed by atoms with van der Waals surface area (Å²) in [6.07, 6.45) is -5.37. The molecular weight excluding hydrogens is 541 g/mol. The van der Waals surface area contributed by atoms with Gasteiger partial charge in [0.15, 0.2) is 5.76 Å². The Balaban J connectivity index is 2.44. The summed E-state index contributed by atoms with van der Waals surface area (Å²) in [6, 6.07) is 9.15. The van der Waals surface area contributed by atoms with Crippen LogP contribution in [0.1, 0.15) is 52.3 Å². The molecule has 3 aromatic rings. The van der Waals surface area contributed by atoms with E-state index in [9.17, 15) is 27.6 Å². The first-order valence-electron chi connectivity index (χ1n) is 12.9. The summed E-state index contributed by atoms with van der Waals surface area (Å²) >= 11 is 0. The van der Waals surface area contributed by atoms with Gasteiger partial charge >= 0.3 is 12.3 Å². The van der Waals surface area contributed by atoms with E-state index >= 15 is 0 Å². The van der Waals surface area contributed by atoms with Crippen LogP contribution < -0.4 is 15.5 Å². The summed E-state index contributed by atoms with van der Waals surface area (Å²) in [5.41, 5.74) is -2.06. The highest BCUT2D eigenvalue weighted by molar-refractivity contribution is 6.40. The molecule has 2 amide bonds. The van der Waals surface area contributed by atoms with Gasteiger partial charge in [0.25, 0.3) is 5.91 Å². The maximum Gasteiger partial charge on any atom is 0.420 e. The van der Waals surface area contributed by atoms with E-state index < -0.39 is 40.8 Å². The van der Waals surface area contributed by atoms with Gasteiger partial charge in [0.1, 0.15) is 11.2 Å². The quantitative estimate of drug-likeness (QED) is 0.277. The molecule has 0 aliphatic rings. The number of aromatic nitrogens is 1. The lowest BCUT2D eigenvalue weighted by atomic mass is 9.93. The predicted octanol–water partition coefficient (Wildman–Crippen LogP) is 7.06. The highest BCUT2D eigenvalue weighted by Crippen LogP contribution is 2.50. The Morgan fingerprint density at radius 2 is 1.71 bits per heavy atom. The molecule has 9 nitrogen and oxygen atoms in total. The minimum Gasteiger partial charge on any atom is -0.444 e. The lowest BCUT2D eigenvalue weighted by Gasteiger charge is -2.29. The molecule has 0 unspecified atom stereocenters. The van der Waals surface area contributed by atoms with Gasteiger partial charge in [-0.25, -0.2) is 4.79 Å². The van der Waals surface area contributed by atoms with Gasteiger partial charge in [0, 0.05) is 37.7 Å². The van der Waals surface area contributed by atoms with Gasteiger partial charge in [-0.2, -0.15) is 13.2 Å². The molecule has 0 bridgehead atoms. The summed E-state index contributed by atoms with van der Waals surface area (Å²) in [4.78, 5) is 38.8. The minimum atomic E-state index is -4.96. The standard InChI is InChI=1S/C29H33F3N4O5/c1-8-12-36(7)21-15-20(33-27(39)40-28(4,5)6)23(25(24(21)29(30,31)32)34-26(38)17(3)37)19-11-9-10-18(14-19)22-13-16(2)35-41-22/h9-11,13-15H,8,12H2,1-7H3,(H,33,39)(H,34,38). The number of Topliss-reactive ketones (excluding diaryl/α,β-unsaturated/α-hetero) is 1. The molecule has 0 aliphatic heterocycles. The first kappa shape index (κ1) is 31.2. The van der Waals surface area contributed by atoms with Gasteiger partial charge in [-0.3, -0.25) is 14.9 Å². The van der Waals surface area contributed by atoms with E-state index in [0.29, 0.717) is 23.4 Å². The van der Waals surface area contributed by atoms with Gasteiger partial charge in [0.05, 0.1) is 22.8 Å². The molecule has 3 rings (SSSR count). The number of aryl methyl sites for hydroxylation is 1. The number of benzene rings is 2. The summed E-state index contributed by atoms with van der Waals surface area (Å²) < 4.78 is 55.2. The van der Waals surface area contributed by atoms with Crippen LogP contribution in [0.4, 0.5) is 35.0 Å². The summed E-state index contributed by atoms with van der Waals surface area (Å²) in [5.74, 6) is -1.89. The molecule has 0 fully saturated rings. The average molecular weight is 575 g/mol. The fourth-order valence-corrected chi connectivity index (χ4v) is 4.18. The van der Waals surface area contributed by atoms with E-state index in [1.54, 1.807) is 52.8 Å². The number of nitrogens with one attached hydrogen (secondary N) is 2. The number of hydrogen-bond donors (Lipinski definition) is 2. The van der Waals surface area contributed by atoms with Crippen molar-refractivity contribution in [3.05, 3.63) is 47.7 Å². The minimum absolute atomic E-state index is 0.0741. The Kier molecular flexibility index (Phi) is 9.15. The first-order chi connectivity index (χ1) is 19.0. The third kappa shape index (κ3) is 7.65. The number of ether oxygens (including phenoxy) is 1. The Hall–Kier alpha value is -4.35. The van der Waals surface area contributed by atoms with E-state index in [1.807, 2.05) is 0 Å². The van der Waals surface area contributed by atoms with Gasteiger partial charge in [-0.05, 0) is 51.8 Å². The summed E-state index contributed by atoms with van der Waals surface area (Å²) in [7, 11) is 1.47. The third-order valence-corrected chi connectivity index (χ3v) is 5.82. The van der Waals surface area contributed by atoms with Crippen LogP contribution in [0, 0.1) is 6.92 Å². The molecule has 12 heteroatoms. The number of hydrogen-bond acceptors (Lipinski definition) is 7. The van der Waals surface area contributed by atoms with E-state index in [0.717, 1.165) is 6.92 Å². The molecule has 41 heavy (non-hydrogen) atoms. The van der Waals surface area contributed by atoms with Crippen LogP contribution in [-0.2, 0) is 20.5 Å². The van der Waals surface area contributed by atoms with Crippen LogP contribution in [0.25, 0.3) is 22.5 Å². The number of halogens is 3. The monoisotopic (exact) mass is 574 g/mol. The predicted molar refractivity (Wildman–Crippen MR) is 150 cm³/mol. The second-order valence-electron chi connectivity index (χ2n) is 10.5. The second-order valence-corrected chi connectivity index (χ2v) is 10.5. The molecule has 2 aromatic carbocycles. The number of rotatable bonds is 8. The molecule has 0 spiro atoms. The molecule has 0 aliphatic carbocycles. The lowest BCUT2D eigenvalue weighted by molar-refractivity contribution is -0.137. The molecule has 1 heterocycles. The van der Waals surface area contributed by atoms with Crippen LogP contribution in [-0.4, -0.2) is 42.1 Å². The third-order valence-electron chi connectivity index (χ3n) is 5.82. The van der Waals surface area contributed by atoms with Crippen LogP contribution in [0.3, 0.4) is 0 Å².